The first-order chi connectivity index (χ1) is 8.96. The number of hydrogen-bond acceptors (Lipinski definition) is 3. The number of rotatable bonds is 5. The van der Waals surface area contributed by atoms with E-state index in [-0.39, 0.29) is 5.75 Å². The molecule has 19 heavy (non-hydrogen) atoms. The molecule has 0 aliphatic heterocycles. The van der Waals surface area contributed by atoms with Crippen LogP contribution in [0.5, 0.6) is 0 Å². The third-order valence-corrected chi connectivity index (χ3v) is 5.07. The first-order valence-corrected chi connectivity index (χ1v) is 8.62. The Bertz CT molecular complexity index is 516. The maximum absolute atomic E-state index is 12.1. The third-order valence-electron chi connectivity index (χ3n) is 3.78. The fraction of sp³-hybridized carbons (Fsp3) is 0.769. The second kappa shape index (κ2) is 5.94. The van der Waals surface area contributed by atoms with E-state index in [1.807, 2.05) is 6.92 Å². The molecule has 1 aliphatic carbocycles. The van der Waals surface area contributed by atoms with E-state index >= 15 is 0 Å². The molecule has 1 aliphatic rings. The van der Waals surface area contributed by atoms with Crippen LogP contribution in [0.2, 0.25) is 0 Å². The maximum atomic E-state index is 12.1. The van der Waals surface area contributed by atoms with Gasteiger partial charge >= 0.3 is 0 Å². The number of nitrogens with one attached hydrogen (secondary N) is 1. The highest BCUT2D eigenvalue weighted by atomic mass is 32.2. The number of aryl methyl sites for hydroxylation is 2. The van der Waals surface area contributed by atoms with Gasteiger partial charge in [-0.3, -0.25) is 9.40 Å². The van der Waals surface area contributed by atoms with Crippen LogP contribution in [-0.2, 0) is 17.1 Å². The smallest absolute Gasteiger partial charge is 0.233 e. The third kappa shape index (κ3) is 4.23. The fourth-order valence-corrected chi connectivity index (χ4v) is 3.97. The molecule has 108 valence electrons. The molecular weight excluding hydrogens is 262 g/mol. The van der Waals surface area contributed by atoms with Gasteiger partial charge in [0.15, 0.2) is 0 Å². The Morgan fingerprint density at radius 3 is 2.63 bits per heavy atom. The topological polar surface area (TPSA) is 64.0 Å². The van der Waals surface area contributed by atoms with Crippen molar-refractivity contribution in [2.75, 3.05) is 10.5 Å². The van der Waals surface area contributed by atoms with Crippen LogP contribution in [0.25, 0.3) is 0 Å². The van der Waals surface area contributed by atoms with E-state index in [9.17, 15) is 8.42 Å². The van der Waals surface area contributed by atoms with Gasteiger partial charge in [-0.15, -0.1) is 0 Å². The van der Waals surface area contributed by atoms with Gasteiger partial charge in [-0.25, -0.2) is 8.42 Å². The van der Waals surface area contributed by atoms with E-state index in [1.54, 1.807) is 17.8 Å². The van der Waals surface area contributed by atoms with Crippen molar-refractivity contribution in [1.82, 2.24) is 9.78 Å². The summed E-state index contributed by atoms with van der Waals surface area (Å²) in [5, 5.41) is 4.13. The van der Waals surface area contributed by atoms with Crippen molar-refractivity contribution in [2.45, 2.75) is 45.4 Å². The number of aromatic nitrogens is 2. The van der Waals surface area contributed by atoms with Crippen LogP contribution in [0.4, 0.5) is 5.82 Å². The SMILES string of the molecule is Cc1cc(NS(=O)(=O)CCC2CCCCC2)n(C)n1. The Morgan fingerprint density at radius 1 is 1.37 bits per heavy atom. The minimum absolute atomic E-state index is 0.210. The summed E-state index contributed by atoms with van der Waals surface area (Å²) in [6.07, 6.45) is 6.93. The molecule has 2 rings (SSSR count). The summed E-state index contributed by atoms with van der Waals surface area (Å²) in [5.41, 5.74) is 0.812. The van der Waals surface area contributed by atoms with E-state index in [1.165, 1.54) is 32.1 Å². The van der Waals surface area contributed by atoms with E-state index in [0.29, 0.717) is 11.7 Å². The lowest BCUT2D eigenvalue weighted by Gasteiger charge is -2.21. The quantitative estimate of drug-likeness (QED) is 0.903. The number of hydrogen-bond donors (Lipinski definition) is 1. The summed E-state index contributed by atoms with van der Waals surface area (Å²) >= 11 is 0. The monoisotopic (exact) mass is 285 g/mol. The Morgan fingerprint density at radius 2 is 2.05 bits per heavy atom. The Labute approximate surface area is 115 Å². The van der Waals surface area contributed by atoms with Crippen LogP contribution in [0.3, 0.4) is 0 Å². The van der Waals surface area contributed by atoms with Crippen LogP contribution in [0.15, 0.2) is 6.07 Å². The first kappa shape index (κ1) is 14.4. The lowest BCUT2D eigenvalue weighted by Crippen LogP contribution is -2.21. The van der Waals surface area contributed by atoms with Gasteiger partial charge in [-0.1, -0.05) is 32.1 Å². The Kier molecular flexibility index (Phi) is 4.50. The summed E-state index contributed by atoms with van der Waals surface area (Å²) in [7, 11) is -1.51. The standard InChI is InChI=1S/C13H23N3O2S/c1-11-10-13(16(2)14-11)15-19(17,18)9-8-12-6-4-3-5-7-12/h10,12,15H,3-9H2,1-2H3. The van der Waals surface area contributed by atoms with E-state index in [4.69, 9.17) is 0 Å². The van der Waals surface area contributed by atoms with Gasteiger partial charge in [0.1, 0.15) is 5.82 Å². The van der Waals surface area contributed by atoms with Crippen LogP contribution >= 0.6 is 0 Å². The molecule has 0 unspecified atom stereocenters. The molecule has 6 heteroatoms. The lowest BCUT2D eigenvalue weighted by molar-refractivity contribution is 0.350. The average Bonchev–Trinajstić information content (AvgIpc) is 2.66. The normalized spacial score (nSPS) is 17.6. The molecule has 1 saturated carbocycles. The van der Waals surface area contributed by atoms with Crippen molar-refractivity contribution >= 4 is 15.8 Å². The highest BCUT2D eigenvalue weighted by Crippen LogP contribution is 2.26. The molecule has 0 bridgehead atoms. The molecule has 1 aromatic heterocycles. The summed E-state index contributed by atoms with van der Waals surface area (Å²) in [6.45, 7) is 1.85. The molecule has 5 nitrogen and oxygen atoms in total. The minimum Gasteiger partial charge on any atom is -0.268 e. The zero-order valence-electron chi connectivity index (χ0n) is 11.7. The second-order valence-corrected chi connectivity index (χ2v) is 7.35. The molecule has 1 N–H and O–H groups in total. The van der Waals surface area contributed by atoms with Crippen LogP contribution in [0, 0.1) is 12.8 Å². The molecule has 1 fully saturated rings. The van der Waals surface area contributed by atoms with Gasteiger partial charge in [0.05, 0.1) is 11.4 Å². The van der Waals surface area contributed by atoms with Gasteiger partial charge in [-0.2, -0.15) is 5.10 Å². The minimum atomic E-state index is -3.25. The van der Waals surface area contributed by atoms with Crippen LogP contribution in [-0.4, -0.2) is 24.0 Å². The van der Waals surface area contributed by atoms with Gasteiger partial charge in [0.25, 0.3) is 0 Å². The van der Waals surface area contributed by atoms with Crippen LogP contribution < -0.4 is 4.72 Å². The van der Waals surface area contributed by atoms with Gasteiger partial charge in [-0.05, 0) is 19.3 Å². The van der Waals surface area contributed by atoms with Crippen molar-refractivity contribution in [3.05, 3.63) is 11.8 Å². The molecule has 1 aromatic rings. The van der Waals surface area contributed by atoms with Crippen molar-refractivity contribution in [1.29, 1.82) is 0 Å². The highest BCUT2D eigenvalue weighted by molar-refractivity contribution is 7.92. The predicted molar refractivity (Wildman–Crippen MR) is 76.5 cm³/mol. The first-order valence-electron chi connectivity index (χ1n) is 6.97. The summed E-state index contributed by atoms with van der Waals surface area (Å²) in [6, 6.07) is 1.75. The van der Waals surface area contributed by atoms with E-state index < -0.39 is 10.0 Å². The van der Waals surface area contributed by atoms with Crippen LogP contribution in [0.1, 0.15) is 44.2 Å². The van der Waals surface area contributed by atoms with Crippen molar-refractivity contribution in [3.63, 3.8) is 0 Å². The van der Waals surface area contributed by atoms with E-state index in [0.717, 1.165) is 12.1 Å². The summed E-state index contributed by atoms with van der Waals surface area (Å²) < 4.78 is 28.3. The number of anilines is 1. The largest absolute Gasteiger partial charge is 0.268 e. The van der Waals surface area contributed by atoms with Gasteiger partial charge in [0.2, 0.25) is 10.0 Å². The zero-order chi connectivity index (χ0) is 13.9. The Balaban J connectivity index is 1.89. The van der Waals surface area contributed by atoms with Crippen molar-refractivity contribution < 1.29 is 8.42 Å². The lowest BCUT2D eigenvalue weighted by atomic mass is 9.88. The molecule has 1 heterocycles. The molecular formula is C13H23N3O2S. The number of nitrogens with zero attached hydrogens (tertiary/aromatic N) is 2. The molecule has 0 atom stereocenters. The zero-order valence-corrected chi connectivity index (χ0v) is 12.5. The molecule has 0 spiro atoms. The maximum Gasteiger partial charge on any atom is 0.233 e. The second-order valence-electron chi connectivity index (χ2n) is 5.51. The average molecular weight is 285 g/mol. The molecule has 0 saturated heterocycles. The summed E-state index contributed by atoms with van der Waals surface area (Å²) in [5.74, 6) is 1.33. The van der Waals surface area contributed by atoms with Crippen molar-refractivity contribution in [2.24, 2.45) is 13.0 Å². The van der Waals surface area contributed by atoms with E-state index in [2.05, 4.69) is 9.82 Å². The molecule has 0 aromatic carbocycles. The predicted octanol–water partition coefficient (Wildman–Crippen LogP) is 2.44. The van der Waals surface area contributed by atoms with Gasteiger partial charge < -0.3 is 0 Å². The molecule has 0 amide bonds. The summed E-state index contributed by atoms with van der Waals surface area (Å²) in [4.78, 5) is 0. The molecule has 0 radical (unpaired) electrons. The fourth-order valence-electron chi connectivity index (χ4n) is 2.71. The highest BCUT2D eigenvalue weighted by Gasteiger charge is 2.18. The van der Waals surface area contributed by atoms with Gasteiger partial charge in [0, 0.05) is 13.1 Å². The number of sulfonamides is 1. The Hall–Kier alpha value is -1.04. The van der Waals surface area contributed by atoms with Crippen molar-refractivity contribution in [3.8, 4) is 0 Å².